The van der Waals surface area contributed by atoms with E-state index in [1.165, 1.54) is 0 Å². The van der Waals surface area contributed by atoms with Crippen LogP contribution in [0.3, 0.4) is 0 Å². The minimum Gasteiger partial charge on any atom is -0.294 e. The Kier molecular flexibility index (Phi) is 4.62. The Morgan fingerprint density at radius 3 is 2.50 bits per heavy atom. The first kappa shape index (κ1) is 7.67. The summed E-state index contributed by atoms with van der Waals surface area (Å²) >= 11 is 0. The molecule has 0 rings (SSSR count). The molecule has 47 valence electrons. The van der Waals surface area contributed by atoms with Gasteiger partial charge in [0, 0.05) is 12.3 Å². The molecule has 0 aromatic heterocycles. The second kappa shape index (κ2) is 4.82. The van der Waals surface area contributed by atoms with Crippen molar-refractivity contribution in [3.8, 4) is 0 Å². The van der Waals surface area contributed by atoms with Crippen LogP contribution in [0.2, 0.25) is 0 Å². The second-order valence-corrected chi connectivity index (χ2v) is 1.79. The third-order valence-corrected chi connectivity index (χ3v) is 0.920. The summed E-state index contributed by atoms with van der Waals surface area (Å²) in [5, 5.41) is 0. The monoisotopic (exact) mass is 112 g/mol. The standard InChI is InChI=1S/C7H14N/c1-4-6-7(3)8-5-2/h3-6H2,1-2H3/b8-7-. The summed E-state index contributed by atoms with van der Waals surface area (Å²) in [6, 6.07) is 0. The van der Waals surface area contributed by atoms with Gasteiger partial charge in [-0.25, -0.2) is 0 Å². The van der Waals surface area contributed by atoms with Crippen LogP contribution in [-0.2, 0) is 0 Å². The van der Waals surface area contributed by atoms with Crippen LogP contribution in [0.25, 0.3) is 0 Å². The van der Waals surface area contributed by atoms with Crippen LogP contribution < -0.4 is 0 Å². The van der Waals surface area contributed by atoms with Gasteiger partial charge >= 0.3 is 0 Å². The van der Waals surface area contributed by atoms with Gasteiger partial charge in [-0.15, -0.1) is 0 Å². The van der Waals surface area contributed by atoms with Gasteiger partial charge in [-0.1, -0.05) is 13.3 Å². The first-order chi connectivity index (χ1) is 3.81. The maximum atomic E-state index is 4.12. The van der Waals surface area contributed by atoms with E-state index >= 15 is 0 Å². The molecular weight excluding hydrogens is 98.1 g/mol. The van der Waals surface area contributed by atoms with Gasteiger partial charge in [-0.2, -0.15) is 0 Å². The molecule has 8 heavy (non-hydrogen) atoms. The van der Waals surface area contributed by atoms with E-state index in [2.05, 4.69) is 18.8 Å². The van der Waals surface area contributed by atoms with Crippen molar-refractivity contribution >= 4 is 5.71 Å². The van der Waals surface area contributed by atoms with Gasteiger partial charge in [0.05, 0.1) is 0 Å². The summed E-state index contributed by atoms with van der Waals surface area (Å²) in [4.78, 5) is 4.12. The number of rotatable bonds is 3. The molecule has 0 aromatic rings. The highest BCUT2D eigenvalue weighted by Gasteiger charge is 1.84. The van der Waals surface area contributed by atoms with Crippen molar-refractivity contribution in [3.63, 3.8) is 0 Å². The lowest BCUT2D eigenvalue weighted by molar-refractivity contribution is 0.980. The maximum Gasteiger partial charge on any atom is 0.0360 e. The van der Waals surface area contributed by atoms with Crippen molar-refractivity contribution in [2.24, 2.45) is 4.99 Å². The predicted octanol–water partition coefficient (Wildman–Crippen LogP) is 2.08. The summed E-state index contributed by atoms with van der Waals surface area (Å²) in [5.41, 5.74) is 1.04. The van der Waals surface area contributed by atoms with E-state index in [0.717, 1.165) is 25.1 Å². The Balaban J connectivity index is 3.29. The highest BCUT2D eigenvalue weighted by molar-refractivity contribution is 5.88. The Bertz CT molecular complexity index is 74.5. The lowest BCUT2D eigenvalue weighted by atomic mass is 10.2. The summed E-state index contributed by atoms with van der Waals surface area (Å²) in [7, 11) is 0. The van der Waals surface area contributed by atoms with Gasteiger partial charge in [-0.3, -0.25) is 4.99 Å². The van der Waals surface area contributed by atoms with E-state index in [1.807, 2.05) is 6.92 Å². The van der Waals surface area contributed by atoms with Crippen molar-refractivity contribution in [1.82, 2.24) is 0 Å². The van der Waals surface area contributed by atoms with E-state index in [9.17, 15) is 0 Å². The molecule has 0 amide bonds. The fourth-order valence-corrected chi connectivity index (χ4v) is 0.591. The molecule has 0 saturated heterocycles. The highest BCUT2D eigenvalue weighted by Crippen LogP contribution is 1.89. The third kappa shape index (κ3) is 3.85. The largest absolute Gasteiger partial charge is 0.294 e. The number of aliphatic imine (C=N–C) groups is 1. The lowest BCUT2D eigenvalue weighted by Crippen LogP contribution is -1.90. The van der Waals surface area contributed by atoms with Gasteiger partial charge in [0.2, 0.25) is 0 Å². The van der Waals surface area contributed by atoms with Crippen LogP contribution >= 0.6 is 0 Å². The topological polar surface area (TPSA) is 12.4 Å². The number of hydrogen-bond acceptors (Lipinski definition) is 1. The molecule has 1 nitrogen and oxygen atoms in total. The Hall–Kier alpha value is -0.330. The highest BCUT2D eigenvalue weighted by atomic mass is 14.7. The minimum absolute atomic E-state index is 0.874. The Morgan fingerprint density at radius 1 is 1.50 bits per heavy atom. The zero-order valence-corrected chi connectivity index (χ0v) is 5.78. The number of hydrogen-bond donors (Lipinski definition) is 0. The Labute approximate surface area is 51.8 Å². The van der Waals surface area contributed by atoms with Crippen molar-refractivity contribution in [1.29, 1.82) is 0 Å². The van der Waals surface area contributed by atoms with Gasteiger partial charge in [-0.05, 0) is 20.3 Å². The fourth-order valence-electron chi connectivity index (χ4n) is 0.591. The fraction of sp³-hybridized carbons (Fsp3) is 0.714. The normalized spacial score (nSPS) is 12.1. The van der Waals surface area contributed by atoms with E-state index in [4.69, 9.17) is 0 Å². The van der Waals surface area contributed by atoms with Crippen LogP contribution in [0.4, 0.5) is 0 Å². The van der Waals surface area contributed by atoms with Gasteiger partial charge in [0.25, 0.3) is 0 Å². The summed E-state index contributed by atoms with van der Waals surface area (Å²) in [6.45, 7) is 8.81. The van der Waals surface area contributed by atoms with Gasteiger partial charge in [0.1, 0.15) is 0 Å². The average molecular weight is 112 g/mol. The first-order valence-electron chi connectivity index (χ1n) is 3.16. The smallest absolute Gasteiger partial charge is 0.0360 e. The molecule has 0 bridgehead atoms. The van der Waals surface area contributed by atoms with E-state index < -0.39 is 0 Å². The van der Waals surface area contributed by atoms with Crippen LogP contribution in [0.5, 0.6) is 0 Å². The van der Waals surface area contributed by atoms with Crippen molar-refractivity contribution in [2.45, 2.75) is 26.7 Å². The second-order valence-electron chi connectivity index (χ2n) is 1.79. The molecule has 0 fully saturated rings. The molecule has 0 spiro atoms. The summed E-state index contributed by atoms with van der Waals surface area (Å²) in [5.74, 6) is 0. The van der Waals surface area contributed by atoms with Crippen molar-refractivity contribution in [2.75, 3.05) is 6.54 Å². The van der Waals surface area contributed by atoms with Crippen LogP contribution in [0, 0.1) is 6.92 Å². The van der Waals surface area contributed by atoms with Gasteiger partial charge in [0.15, 0.2) is 0 Å². The molecule has 0 aliphatic heterocycles. The first-order valence-corrected chi connectivity index (χ1v) is 3.16. The lowest BCUT2D eigenvalue weighted by Gasteiger charge is -1.92. The predicted molar refractivity (Wildman–Crippen MR) is 38.2 cm³/mol. The number of nitrogens with zero attached hydrogens (tertiary/aromatic N) is 1. The molecule has 0 saturated carbocycles. The van der Waals surface area contributed by atoms with E-state index in [-0.39, 0.29) is 0 Å². The minimum atomic E-state index is 0.874. The zero-order valence-electron chi connectivity index (χ0n) is 5.78. The van der Waals surface area contributed by atoms with Crippen LogP contribution in [0.15, 0.2) is 4.99 Å². The zero-order chi connectivity index (χ0) is 6.41. The Morgan fingerprint density at radius 2 is 2.12 bits per heavy atom. The van der Waals surface area contributed by atoms with Crippen molar-refractivity contribution in [3.05, 3.63) is 6.92 Å². The quantitative estimate of drug-likeness (QED) is 0.496. The molecule has 0 aromatic carbocycles. The molecule has 0 unspecified atom stereocenters. The molecule has 0 aliphatic carbocycles. The molecule has 0 atom stereocenters. The maximum absolute atomic E-state index is 4.12. The third-order valence-electron chi connectivity index (χ3n) is 0.920. The van der Waals surface area contributed by atoms with Crippen molar-refractivity contribution < 1.29 is 0 Å². The van der Waals surface area contributed by atoms with Crippen LogP contribution in [-0.4, -0.2) is 12.3 Å². The SMILES string of the molecule is [CH2]/C(CCC)=N/CC. The molecule has 0 N–H and O–H groups in total. The molecule has 1 heteroatoms. The molecule has 0 aliphatic rings. The van der Waals surface area contributed by atoms with Crippen LogP contribution in [0.1, 0.15) is 26.7 Å². The van der Waals surface area contributed by atoms with Gasteiger partial charge < -0.3 is 0 Å². The molecule has 0 heterocycles. The molecular formula is C7H14N. The summed E-state index contributed by atoms with van der Waals surface area (Å²) < 4.78 is 0. The average Bonchev–Trinajstić information content (AvgIpc) is 1.68. The molecule has 1 radical (unpaired) electrons. The van der Waals surface area contributed by atoms with E-state index in [1.54, 1.807) is 0 Å². The van der Waals surface area contributed by atoms with E-state index in [0.29, 0.717) is 0 Å². The summed E-state index contributed by atoms with van der Waals surface area (Å²) in [6.07, 6.45) is 2.20.